The van der Waals surface area contributed by atoms with Gasteiger partial charge in [0.05, 0.1) is 13.2 Å². The van der Waals surface area contributed by atoms with Gasteiger partial charge in [-0.05, 0) is 36.5 Å². The highest BCUT2D eigenvalue weighted by Crippen LogP contribution is 2.43. The topological polar surface area (TPSA) is 63.0 Å². The zero-order chi connectivity index (χ0) is 16.4. The molecule has 0 aliphatic heterocycles. The molecule has 2 N–H and O–H groups in total. The summed E-state index contributed by atoms with van der Waals surface area (Å²) < 4.78 is 1.97. The molecule has 2 atom stereocenters. The van der Waals surface area contributed by atoms with E-state index in [0.29, 0.717) is 18.4 Å². The first-order valence-corrected chi connectivity index (χ1v) is 8.48. The number of rotatable bonds is 6. The Morgan fingerprint density at radius 2 is 2.14 bits per heavy atom. The molecule has 2 unspecified atom stereocenters. The van der Waals surface area contributed by atoms with E-state index in [0.717, 1.165) is 25.2 Å². The number of hydrogen-bond donors (Lipinski definition) is 2. The summed E-state index contributed by atoms with van der Waals surface area (Å²) in [5, 5.41) is 18.0. The van der Waals surface area contributed by atoms with E-state index in [1.165, 1.54) is 6.42 Å². The van der Waals surface area contributed by atoms with Crippen molar-refractivity contribution in [2.45, 2.75) is 72.5 Å². The highest BCUT2D eigenvalue weighted by molar-refractivity contribution is 5.00. The van der Waals surface area contributed by atoms with Gasteiger partial charge in [0, 0.05) is 12.1 Å². The van der Waals surface area contributed by atoms with E-state index >= 15 is 0 Å². The molecule has 5 nitrogen and oxygen atoms in total. The van der Waals surface area contributed by atoms with Crippen LogP contribution in [0.2, 0.25) is 0 Å². The van der Waals surface area contributed by atoms with Gasteiger partial charge in [0.2, 0.25) is 0 Å². The van der Waals surface area contributed by atoms with Gasteiger partial charge in [0.15, 0.2) is 0 Å². The molecule has 1 aliphatic rings. The molecule has 1 aromatic heterocycles. The summed E-state index contributed by atoms with van der Waals surface area (Å²) >= 11 is 0. The fourth-order valence-corrected chi connectivity index (χ4v) is 4.24. The SMILES string of the molecule is CC(C)Cn1ncnc1CNC1(CO)CC(C)CC(C)(C)C1. The maximum Gasteiger partial charge on any atom is 0.140 e. The second kappa shape index (κ2) is 6.67. The van der Waals surface area contributed by atoms with Crippen LogP contribution < -0.4 is 5.32 Å². The Balaban J connectivity index is 2.06. The van der Waals surface area contributed by atoms with Crippen molar-refractivity contribution >= 4 is 0 Å². The van der Waals surface area contributed by atoms with Crippen LogP contribution in [0, 0.1) is 17.3 Å². The molecule has 0 radical (unpaired) electrons. The van der Waals surface area contributed by atoms with Crippen LogP contribution in [0.1, 0.15) is 59.7 Å². The Morgan fingerprint density at radius 1 is 1.41 bits per heavy atom. The van der Waals surface area contributed by atoms with Crippen LogP contribution in [0.15, 0.2) is 6.33 Å². The van der Waals surface area contributed by atoms with Crippen LogP contribution in [0.3, 0.4) is 0 Å². The van der Waals surface area contributed by atoms with E-state index in [9.17, 15) is 5.11 Å². The molecule has 1 heterocycles. The summed E-state index contributed by atoms with van der Waals surface area (Å²) in [6, 6.07) is 0. The van der Waals surface area contributed by atoms with Gasteiger partial charge in [-0.25, -0.2) is 9.67 Å². The normalized spacial score (nSPS) is 28.2. The van der Waals surface area contributed by atoms with Crippen molar-refractivity contribution in [2.24, 2.45) is 17.3 Å². The molecular weight excluding hydrogens is 276 g/mol. The Hall–Kier alpha value is -0.940. The van der Waals surface area contributed by atoms with Gasteiger partial charge in [-0.1, -0.05) is 34.6 Å². The maximum absolute atomic E-state index is 10.0. The van der Waals surface area contributed by atoms with Gasteiger partial charge >= 0.3 is 0 Å². The van der Waals surface area contributed by atoms with Crippen molar-refractivity contribution in [1.29, 1.82) is 0 Å². The highest BCUT2D eigenvalue weighted by Gasteiger charge is 2.42. The molecule has 5 heteroatoms. The van der Waals surface area contributed by atoms with Gasteiger partial charge in [0.25, 0.3) is 0 Å². The third-order valence-corrected chi connectivity index (χ3v) is 4.62. The van der Waals surface area contributed by atoms with Crippen LogP contribution >= 0.6 is 0 Å². The second-order valence-corrected chi connectivity index (χ2v) is 8.40. The first kappa shape index (κ1) is 17.4. The Labute approximate surface area is 134 Å². The van der Waals surface area contributed by atoms with E-state index in [1.807, 2.05) is 4.68 Å². The van der Waals surface area contributed by atoms with Gasteiger partial charge in [0.1, 0.15) is 12.2 Å². The molecule has 0 bridgehead atoms. The minimum absolute atomic E-state index is 0.180. The van der Waals surface area contributed by atoms with Crippen LogP contribution in [0.4, 0.5) is 0 Å². The largest absolute Gasteiger partial charge is 0.394 e. The number of aliphatic hydroxyl groups is 1. The molecule has 1 fully saturated rings. The lowest BCUT2D eigenvalue weighted by molar-refractivity contribution is 0.0345. The first-order chi connectivity index (χ1) is 10.3. The lowest BCUT2D eigenvalue weighted by Crippen LogP contribution is -2.55. The molecule has 0 aromatic carbocycles. The van der Waals surface area contributed by atoms with Gasteiger partial charge < -0.3 is 10.4 Å². The average molecular weight is 308 g/mol. The standard InChI is InChI=1S/C17H32N4O/c1-13(2)9-21-15(18-12-20-21)8-19-17(11-22)7-14(3)6-16(4,5)10-17/h12-14,19,22H,6-11H2,1-5H3. The van der Waals surface area contributed by atoms with E-state index in [4.69, 9.17) is 0 Å². The van der Waals surface area contributed by atoms with Gasteiger partial charge in [-0.3, -0.25) is 0 Å². The highest BCUT2D eigenvalue weighted by atomic mass is 16.3. The van der Waals surface area contributed by atoms with Crippen LogP contribution in [-0.4, -0.2) is 32.0 Å². The zero-order valence-electron chi connectivity index (χ0n) is 14.8. The monoisotopic (exact) mass is 308 g/mol. The summed E-state index contributed by atoms with van der Waals surface area (Å²) in [4.78, 5) is 4.38. The van der Waals surface area contributed by atoms with Crippen molar-refractivity contribution in [3.8, 4) is 0 Å². The van der Waals surface area contributed by atoms with Crippen molar-refractivity contribution in [1.82, 2.24) is 20.1 Å². The molecule has 0 spiro atoms. The third-order valence-electron chi connectivity index (χ3n) is 4.62. The number of nitrogens with one attached hydrogen (secondary N) is 1. The summed E-state index contributed by atoms with van der Waals surface area (Å²) in [5.74, 6) is 2.12. The molecule has 22 heavy (non-hydrogen) atoms. The molecule has 126 valence electrons. The Kier molecular flexibility index (Phi) is 5.28. The predicted octanol–water partition coefficient (Wildman–Crippen LogP) is 2.60. The molecular formula is C17H32N4O. The minimum Gasteiger partial charge on any atom is -0.394 e. The van der Waals surface area contributed by atoms with Crippen molar-refractivity contribution in [2.75, 3.05) is 6.61 Å². The quantitative estimate of drug-likeness (QED) is 0.848. The van der Waals surface area contributed by atoms with Crippen LogP contribution in [-0.2, 0) is 13.1 Å². The fourth-order valence-electron chi connectivity index (χ4n) is 4.24. The molecule has 0 saturated heterocycles. The molecule has 1 aliphatic carbocycles. The summed E-state index contributed by atoms with van der Waals surface area (Å²) in [5.41, 5.74) is 0.0643. The number of nitrogens with zero attached hydrogens (tertiary/aromatic N) is 3. The molecule has 1 saturated carbocycles. The Morgan fingerprint density at radius 3 is 2.73 bits per heavy atom. The predicted molar refractivity (Wildman–Crippen MR) is 88.3 cm³/mol. The molecule has 1 aromatic rings. The summed E-state index contributed by atoms with van der Waals surface area (Å²) in [7, 11) is 0. The number of hydrogen-bond acceptors (Lipinski definition) is 4. The van der Waals surface area contributed by atoms with E-state index in [-0.39, 0.29) is 17.6 Å². The lowest BCUT2D eigenvalue weighted by Gasteiger charge is -2.47. The first-order valence-electron chi connectivity index (χ1n) is 8.48. The molecule has 0 amide bonds. The second-order valence-electron chi connectivity index (χ2n) is 8.40. The van der Waals surface area contributed by atoms with Gasteiger partial charge in [-0.15, -0.1) is 0 Å². The van der Waals surface area contributed by atoms with E-state index in [2.05, 4.69) is 50.0 Å². The van der Waals surface area contributed by atoms with Crippen molar-refractivity contribution < 1.29 is 5.11 Å². The molecule has 2 rings (SSSR count). The zero-order valence-corrected chi connectivity index (χ0v) is 14.8. The van der Waals surface area contributed by atoms with Crippen LogP contribution in [0.5, 0.6) is 0 Å². The van der Waals surface area contributed by atoms with Crippen LogP contribution in [0.25, 0.3) is 0 Å². The fraction of sp³-hybridized carbons (Fsp3) is 0.882. The van der Waals surface area contributed by atoms with Crippen molar-refractivity contribution in [3.05, 3.63) is 12.2 Å². The number of aliphatic hydroxyl groups excluding tert-OH is 1. The average Bonchev–Trinajstić information content (AvgIpc) is 2.80. The minimum atomic E-state index is -0.199. The van der Waals surface area contributed by atoms with Crippen molar-refractivity contribution in [3.63, 3.8) is 0 Å². The van der Waals surface area contributed by atoms with E-state index < -0.39 is 0 Å². The third kappa shape index (κ3) is 4.29. The smallest absolute Gasteiger partial charge is 0.140 e. The lowest BCUT2D eigenvalue weighted by atomic mass is 9.64. The summed E-state index contributed by atoms with van der Waals surface area (Å²) in [6.45, 7) is 13.0. The van der Waals surface area contributed by atoms with E-state index in [1.54, 1.807) is 6.33 Å². The number of aromatic nitrogens is 3. The Bertz CT molecular complexity index is 483. The summed E-state index contributed by atoms with van der Waals surface area (Å²) in [6.07, 6.45) is 4.86. The maximum atomic E-state index is 10.0. The van der Waals surface area contributed by atoms with Gasteiger partial charge in [-0.2, -0.15) is 5.10 Å².